The van der Waals surface area contributed by atoms with Gasteiger partial charge in [-0.3, -0.25) is 9.48 Å². The van der Waals surface area contributed by atoms with Crippen LogP contribution in [0.2, 0.25) is 0 Å². The second-order valence-corrected chi connectivity index (χ2v) is 6.69. The lowest BCUT2D eigenvalue weighted by Crippen LogP contribution is -2.16. The fraction of sp³-hybridized carbons (Fsp3) is 0.273. The Labute approximate surface area is 165 Å². The minimum absolute atomic E-state index is 0.135. The Balaban J connectivity index is 1.45. The summed E-state index contributed by atoms with van der Waals surface area (Å²) in [6.45, 7) is 1.69. The van der Waals surface area contributed by atoms with Crippen LogP contribution >= 0.6 is 0 Å². The smallest absolute Gasteiger partial charge is 0.255 e. The van der Waals surface area contributed by atoms with E-state index in [0.29, 0.717) is 5.56 Å². The number of anilines is 1. The third-order valence-corrected chi connectivity index (χ3v) is 4.44. The number of carbonyl (C=O) groups is 1. The molecule has 0 atom stereocenters. The molecule has 0 fully saturated rings. The zero-order valence-corrected chi connectivity index (χ0v) is 16.3. The van der Waals surface area contributed by atoms with Gasteiger partial charge in [-0.1, -0.05) is 12.1 Å². The first-order chi connectivity index (χ1) is 13.6. The number of hydrogen-bond donors (Lipinski definition) is 2. The molecule has 6 nitrogen and oxygen atoms in total. The minimum atomic E-state index is -0.135. The van der Waals surface area contributed by atoms with E-state index in [9.17, 15) is 4.79 Å². The predicted molar refractivity (Wildman–Crippen MR) is 111 cm³/mol. The Kier molecular flexibility index (Phi) is 6.81. The first kappa shape index (κ1) is 19.6. The summed E-state index contributed by atoms with van der Waals surface area (Å²) in [6, 6.07) is 15.0. The Hall–Kier alpha value is -3.12. The molecular weight excluding hydrogens is 352 g/mol. The predicted octanol–water partition coefficient (Wildman–Crippen LogP) is 3.40. The van der Waals surface area contributed by atoms with Gasteiger partial charge in [-0.25, -0.2) is 0 Å². The second kappa shape index (κ2) is 9.71. The molecule has 1 amide bonds. The second-order valence-electron chi connectivity index (χ2n) is 6.69. The van der Waals surface area contributed by atoms with Gasteiger partial charge >= 0.3 is 0 Å². The standard InChI is InChI=1S/C22H26N4O2/c1-26-16-18(15-24-26)6-4-12-23-14-17-5-3-7-20(13-17)25-22(27)19-8-10-21(28-2)11-9-19/h3,5,7-11,13,15-16,23H,4,6,12,14H2,1-2H3,(H,25,27). The van der Waals surface area contributed by atoms with Gasteiger partial charge in [0.1, 0.15) is 5.75 Å². The van der Waals surface area contributed by atoms with Crippen LogP contribution in [0.4, 0.5) is 5.69 Å². The van der Waals surface area contributed by atoms with Crippen molar-refractivity contribution in [2.24, 2.45) is 7.05 Å². The van der Waals surface area contributed by atoms with Crippen LogP contribution in [-0.2, 0) is 20.0 Å². The largest absolute Gasteiger partial charge is 0.497 e. The summed E-state index contributed by atoms with van der Waals surface area (Å²) in [5, 5.41) is 10.6. The van der Waals surface area contributed by atoms with Gasteiger partial charge in [0, 0.05) is 31.0 Å². The van der Waals surface area contributed by atoms with E-state index in [0.717, 1.165) is 42.9 Å². The van der Waals surface area contributed by atoms with Crippen LogP contribution in [-0.4, -0.2) is 29.3 Å². The highest BCUT2D eigenvalue weighted by molar-refractivity contribution is 6.04. The molecule has 1 aromatic heterocycles. The van der Waals surface area contributed by atoms with Crippen molar-refractivity contribution in [1.82, 2.24) is 15.1 Å². The molecule has 0 aliphatic rings. The van der Waals surface area contributed by atoms with E-state index in [1.165, 1.54) is 5.56 Å². The normalized spacial score (nSPS) is 10.6. The number of aromatic nitrogens is 2. The molecule has 0 aliphatic carbocycles. The van der Waals surface area contributed by atoms with E-state index in [4.69, 9.17) is 4.74 Å². The summed E-state index contributed by atoms with van der Waals surface area (Å²) in [6.07, 6.45) is 6.03. The minimum Gasteiger partial charge on any atom is -0.497 e. The van der Waals surface area contributed by atoms with Crippen LogP contribution in [0.5, 0.6) is 5.75 Å². The van der Waals surface area contributed by atoms with Crippen molar-refractivity contribution in [1.29, 1.82) is 0 Å². The van der Waals surface area contributed by atoms with Crippen LogP contribution in [0.15, 0.2) is 60.9 Å². The first-order valence-electron chi connectivity index (χ1n) is 9.36. The van der Waals surface area contributed by atoms with Crippen LogP contribution in [0, 0.1) is 0 Å². The number of rotatable bonds is 9. The number of amides is 1. The number of ether oxygens (including phenoxy) is 1. The van der Waals surface area contributed by atoms with E-state index in [1.54, 1.807) is 31.4 Å². The third-order valence-electron chi connectivity index (χ3n) is 4.44. The van der Waals surface area contributed by atoms with Crippen molar-refractivity contribution >= 4 is 11.6 Å². The van der Waals surface area contributed by atoms with Gasteiger partial charge in [-0.2, -0.15) is 5.10 Å². The molecule has 1 heterocycles. The van der Waals surface area contributed by atoms with Gasteiger partial charge in [0.15, 0.2) is 0 Å². The Morgan fingerprint density at radius 2 is 1.96 bits per heavy atom. The number of hydrogen-bond acceptors (Lipinski definition) is 4. The molecular formula is C22H26N4O2. The number of aryl methyl sites for hydroxylation is 2. The van der Waals surface area contributed by atoms with Gasteiger partial charge in [0.25, 0.3) is 5.91 Å². The van der Waals surface area contributed by atoms with E-state index in [2.05, 4.69) is 28.0 Å². The molecule has 0 radical (unpaired) electrons. The lowest BCUT2D eigenvalue weighted by Gasteiger charge is -2.09. The summed E-state index contributed by atoms with van der Waals surface area (Å²) < 4.78 is 6.95. The molecule has 28 heavy (non-hydrogen) atoms. The summed E-state index contributed by atoms with van der Waals surface area (Å²) >= 11 is 0. The molecule has 3 aromatic rings. The first-order valence-corrected chi connectivity index (χ1v) is 9.36. The van der Waals surface area contributed by atoms with Gasteiger partial charge in [0.2, 0.25) is 0 Å². The maximum Gasteiger partial charge on any atom is 0.255 e. The van der Waals surface area contributed by atoms with Crippen molar-refractivity contribution < 1.29 is 9.53 Å². The molecule has 0 saturated heterocycles. The summed E-state index contributed by atoms with van der Waals surface area (Å²) in [5.41, 5.74) is 3.77. The van der Waals surface area contributed by atoms with Crippen LogP contribution in [0.25, 0.3) is 0 Å². The maximum absolute atomic E-state index is 12.4. The summed E-state index contributed by atoms with van der Waals surface area (Å²) in [4.78, 5) is 12.4. The molecule has 0 saturated carbocycles. The van der Waals surface area contributed by atoms with Gasteiger partial charge < -0.3 is 15.4 Å². The van der Waals surface area contributed by atoms with E-state index in [-0.39, 0.29) is 5.91 Å². The Bertz CT molecular complexity index is 903. The van der Waals surface area contributed by atoms with Crippen molar-refractivity contribution in [2.45, 2.75) is 19.4 Å². The molecule has 3 rings (SSSR count). The van der Waals surface area contributed by atoms with Crippen molar-refractivity contribution in [3.8, 4) is 5.75 Å². The van der Waals surface area contributed by atoms with Crippen LogP contribution in [0.1, 0.15) is 27.9 Å². The van der Waals surface area contributed by atoms with Gasteiger partial charge in [-0.05, 0) is 66.9 Å². The van der Waals surface area contributed by atoms with Gasteiger partial charge in [-0.15, -0.1) is 0 Å². The number of nitrogens with zero attached hydrogens (tertiary/aromatic N) is 2. The Morgan fingerprint density at radius 1 is 1.14 bits per heavy atom. The number of carbonyl (C=O) groups excluding carboxylic acids is 1. The lowest BCUT2D eigenvalue weighted by molar-refractivity contribution is 0.102. The van der Waals surface area contributed by atoms with E-state index < -0.39 is 0 Å². The number of benzene rings is 2. The van der Waals surface area contributed by atoms with E-state index in [1.807, 2.05) is 36.1 Å². The van der Waals surface area contributed by atoms with Crippen molar-refractivity contribution in [3.05, 3.63) is 77.6 Å². The fourth-order valence-electron chi connectivity index (χ4n) is 2.96. The van der Waals surface area contributed by atoms with Gasteiger partial charge in [0.05, 0.1) is 13.3 Å². The average molecular weight is 378 g/mol. The van der Waals surface area contributed by atoms with Crippen molar-refractivity contribution in [2.75, 3.05) is 19.0 Å². The summed E-state index contributed by atoms with van der Waals surface area (Å²) in [7, 11) is 3.54. The van der Waals surface area contributed by atoms with Crippen molar-refractivity contribution in [3.63, 3.8) is 0 Å². The fourth-order valence-corrected chi connectivity index (χ4v) is 2.96. The highest BCUT2D eigenvalue weighted by atomic mass is 16.5. The third kappa shape index (κ3) is 5.69. The lowest BCUT2D eigenvalue weighted by atomic mass is 10.1. The molecule has 0 bridgehead atoms. The molecule has 146 valence electrons. The highest BCUT2D eigenvalue weighted by Crippen LogP contribution is 2.15. The zero-order valence-electron chi connectivity index (χ0n) is 16.3. The molecule has 2 N–H and O–H groups in total. The zero-order chi connectivity index (χ0) is 19.8. The average Bonchev–Trinajstić information content (AvgIpc) is 3.13. The quantitative estimate of drug-likeness (QED) is 0.560. The summed E-state index contributed by atoms with van der Waals surface area (Å²) in [5.74, 6) is 0.595. The molecule has 0 spiro atoms. The molecule has 2 aromatic carbocycles. The topological polar surface area (TPSA) is 68.2 Å². The number of methoxy groups -OCH3 is 1. The Morgan fingerprint density at radius 3 is 2.68 bits per heavy atom. The SMILES string of the molecule is COc1ccc(C(=O)Nc2cccc(CNCCCc3cnn(C)c3)c2)cc1. The monoisotopic (exact) mass is 378 g/mol. The number of nitrogens with one attached hydrogen (secondary N) is 2. The molecule has 0 aliphatic heterocycles. The maximum atomic E-state index is 12.4. The highest BCUT2D eigenvalue weighted by Gasteiger charge is 2.06. The van der Waals surface area contributed by atoms with E-state index >= 15 is 0 Å². The van der Waals surface area contributed by atoms with Crippen LogP contribution in [0.3, 0.4) is 0 Å². The molecule has 0 unspecified atom stereocenters. The van der Waals surface area contributed by atoms with Crippen LogP contribution < -0.4 is 15.4 Å². The molecule has 6 heteroatoms.